The van der Waals surface area contributed by atoms with Gasteiger partial charge in [-0.25, -0.2) is 0 Å². The minimum Gasteiger partial charge on any atom is -0.388 e. The Morgan fingerprint density at radius 1 is 1.10 bits per heavy atom. The smallest absolute Gasteiger partial charge is 0.0337 e. The fraction of sp³-hybridized carbons (Fsp3) is 0.111. The maximum Gasteiger partial charge on any atom is 0.0337 e. The first-order valence-electron chi connectivity index (χ1n) is 2.99. The third kappa shape index (κ3) is 2.78. The lowest BCUT2D eigenvalue weighted by Gasteiger charge is -1.94. The second-order valence-electron chi connectivity index (χ2n) is 1.62. The van der Waals surface area contributed by atoms with E-state index in [-0.39, 0.29) is 0 Å². The molecule has 0 atom stereocenters. The molecule has 1 nitrogen and oxygen atoms in total. The summed E-state index contributed by atoms with van der Waals surface area (Å²) in [6.07, 6.45) is 8.00. The Morgan fingerprint density at radius 3 is 1.90 bits per heavy atom. The zero-order chi connectivity index (χ0) is 7.82. The van der Waals surface area contributed by atoms with Gasteiger partial charge in [0.25, 0.3) is 0 Å². The Labute approximate surface area is 62.1 Å². The molecule has 0 aliphatic heterocycles. The standard InChI is InChI=1S/C7H9N.C2H2/c1-8-7-5-3-2-4-6-7;1-2/h2-6,8H,1H3;1-2H. The van der Waals surface area contributed by atoms with Gasteiger partial charge in [-0.15, -0.1) is 12.8 Å². The molecule has 0 amide bonds. The van der Waals surface area contributed by atoms with E-state index in [0.717, 1.165) is 5.69 Å². The van der Waals surface area contributed by atoms with Crippen molar-refractivity contribution in [3.8, 4) is 12.8 Å². The summed E-state index contributed by atoms with van der Waals surface area (Å²) in [6.45, 7) is 0. The highest BCUT2D eigenvalue weighted by atomic mass is 14.8. The van der Waals surface area contributed by atoms with E-state index in [0.29, 0.717) is 0 Å². The van der Waals surface area contributed by atoms with Gasteiger partial charge in [-0.05, 0) is 12.1 Å². The van der Waals surface area contributed by atoms with Gasteiger partial charge >= 0.3 is 0 Å². The number of rotatable bonds is 1. The zero-order valence-electron chi connectivity index (χ0n) is 6.04. The lowest BCUT2D eigenvalue weighted by atomic mass is 10.3. The summed E-state index contributed by atoms with van der Waals surface area (Å²) in [5.74, 6) is 0. The molecule has 0 saturated heterocycles. The highest BCUT2D eigenvalue weighted by molar-refractivity contribution is 5.41. The maximum absolute atomic E-state index is 4.00. The first-order valence-corrected chi connectivity index (χ1v) is 2.99. The molecule has 0 heterocycles. The normalized spacial score (nSPS) is 7.10. The van der Waals surface area contributed by atoms with Crippen LogP contribution in [0, 0.1) is 12.8 Å². The topological polar surface area (TPSA) is 12.0 Å². The van der Waals surface area contributed by atoms with Crippen molar-refractivity contribution in [3.63, 3.8) is 0 Å². The van der Waals surface area contributed by atoms with Crippen LogP contribution in [0.15, 0.2) is 30.3 Å². The van der Waals surface area contributed by atoms with Crippen LogP contribution in [0.4, 0.5) is 5.69 Å². The van der Waals surface area contributed by atoms with E-state index < -0.39 is 0 Å². The Hall–Kier alpha value is -1.42. The van der Waals surface area contributed by atoms with Crippen LogP contribution in [0.25, 0.3) is 0 Å². The van der Waals surface area contributed by atoms with Gasteiger partial charge in [0.2, 0.25) is 0 Å². The molecule has 0 radical (unpaired) electrons. The number of benzene rings is 1. The summed E-state index contributed by atoms with van der Waals surface area (Å²) in [6, 6.07) is 10.1. The Kier molecular flexibility index (Phi) is 4.90. The molecule has 0 spiro atoms. The summed E-state index contributed by atoms with van der Waals surface area (Å²) < 4.78 is 0. The monoisotopic (exact) mass is 133 g/mol. The molecule has 0 fully saturated rings. The minimum atomic E-state index is 1.16. The third-order valence-corrected chi connectivity index (χ3v) is 1.06. The predicted molar refractivity (Wildman–Crippen MR) is 45.9 cm³/mol. The van der Waals surface area contributed by atoms with Crippen molar-refractivity contribution in [1.82, 2.24) is 0 Å². The number of nitrogens with one attached hydrogen (secondary N) is 1. The lowest BCUT2D eigenvalue weighted by Crippen LogP contribution is -1.84. The molecule has 1 rings (SSSR count). The Morgan fingerprint density at radius 2 is 1.60 bits per heavy atom. The molecule has 0 saturated carbocycles. The van der Waals surface area contributed by atoms with Gasteiger partial charge in [0.15, 0.2) is 0 Å². The molecule has 52 valence electrons. The number of hydrogen-bond acceptors (Lipinski definition) is 1. The molecule has 0 bridgehead atoms. The number of anilines is 1. The minimum absolute atomic E-state index is 1.16. The molecule has 1 N–H and O–H groups in total. The van der Waals surface area contributed by atoms with Crippen molar-refractivity contribution in [2.75, 3.05) is 12.4 Å². The average molecular weight is 133 g/mol. The van der Waals surface area contributed by atoms with Crippen LogP contribution in [0.5, 0.6) is 0 Å². The van der Waals surface area contributed by atoms with Crippen molar-refractivity contribution in [2.24, 2.45) is 0 Å². The number of terminal acetylenes is 1. The first-order chi connectivity index (χ1) is 4.93. The molecule has 0 aromatic heterocycles. The van der Waals surface area contributed by atoms with E-state index in [4.69, 9.17) is 0 Å². The summed E-state index contributed by atoms with van der Waals surface area (Å²) in [5.41, 5.74) is 1.16. The molecular weight excluding hydrogens is 122 g/mol. The summed E-state index contributed by atoms with van der Waals surface area (Å²) in [4.78, 5) is 0. The lowest BCUT2D eigenvalue weighted by molar-refractivity contribution is 1.51. The van der Waals surface area contributed by atoms with Crippen LogP contribution in [0.3, 0.4) is 0 Å². The van der Waals surface area contributed by atoms with Crippen LogP contribution >= 0.6 is 0 Å². The van der Waals surface area contributed by atoms with Crippen LogP contribution in [0.1, 0.15) is 0 Å². The highest BCUT2D eigenvalue weighted by Crippen LogP contribution is 2.01. The molecule has 0 aliphatic rings. The van der Waals surface area contributed by atoms with E-state index in [2.05, 4.69) is 18.2 Å². The van der Waals surface area contributed by atoms with Crippen molar-refractivity contribution < 1.29 is 0 Å². The van der Waals surface area contributed by atoms with E-state index in [1.807, 2.05) is 37.4 Å². The van der Waals surface area contributed by atoms with Gasteiger partial charge in [-0.2, -0.15) is 0 Å². The molecular formula is C9H11N. The summed E-state index contributed by atoms with van der Waals surface area (Å²) >= 11 is 0. The molecule has 0 unspecified atom stereocenters. The predicted octanol–water partition coefficient (Wildman–Crippen LogP) is 1.98. The van der Waals surface area contributed by atoms with Crippen molar-refractivity contribution in [2.45, 2.75) is 0 Å². The van der Waals surface area contributed by atoms with Crippen LogP contribution in [-0.2, 0) is 0 Å². The molecule has 1 aromatic carbocycles. The van der Waals surface area contributed by atoms with Gasteiger partial charge < -0.3 is 5.32 Å². The Balaban J connectivity index is 0.000000371. The van der Waals surface area contributed by atoms with Crippen molar-refractivity contribution in [3.05, 3.63) is 30.3 Å². The highest BCUT2D eigenvalue weighted by Gasteiger charge is 1.77. The summed E-state index contributed by atoms with van der Waals surface area (Å²) in [5, 5.41) is 3.03. The fourth-order valence-corrected chi connectivity index (χ4v) is 0.605. The van der Waals surface area contributed by atoms with Gasteiger partial charge in [0.05, 0.1) is 0 Å². The molecule has 0 aliphatic carbocycles. The number of hydrogen-bond donors (Lipinski definition) is 1. The zero-order valence-corrected chi connectivity index (χ0v) is 6.04. The SMILES string of the molecule is C#C.CNc1ccccc1. The molecule has 1 aromatic rings. The van der Waals surface area contributed by atoms with E-state index >= 15 is 0 Å². The second-order valence-corrected chi connectivity index (χ2v) is 1.62. The van der Waals surface area contributed by atoms with Crippen molar-refractivity contribution in [1.29, 1.82) is 0 Å². The van der Waals surface area contributed by atoms with Gasteiger partial charge in [0.1, 0.15) is 0 Å². The van der Waals surface area contributed by atoms with Crippen LogP contribution in [0.2, 0.25) is 0 Å². The van der Waals surface area contributed by atoms with Gasteiger partial charge in [-0.3, -0.25) is 0 Å². The summed E-state index contributed by atoms with van der Waals surface area (Å²) in [7, 11) is 1.91. The number of para-hydroxylation sites is 1. The second kappa shape index (κ2) is 5.71. The average Bonchev–Trinajstić information content (AvgIpc) is 2.10. The molecule has 1 heteroatoms. The first kappa shape index (κ1) is 8.58. The maximum atomic E-state index is 4.00. The van der Waals surface area contributed by atoms with E-state index in [1.54, 1.807) is 0 Å². The van der Waals surface area contributed by atoms with Gasteiger partial charge in [0, 0.05) is 12.7 Å². The van der Waals surface area contributed by atoms with Crippen molar-refractivity contribution >= 4 is 5.69 Å². The van der Waals surface area contributed by atoms with Gasteiger partial charge in [-0.1, -0.05) is 18.2 Å². The van der Waals surface area contributed by atoms with E-state index in [9.17, 15) is 0 Å². The fourth-order valence-electron chi connectivity index (χ4n) is 0.605. The molecule has 10 heavy (non-hydrogen) atoms. The van der Waals surface area contributed by atoms with Crippen LogP contribution < -0.4 is 5.32 Å². The van der Waals surface area contributed by atoms with Crippen LogP contribution in [-0.4, -0.2) is 7.05 Å². The quantitative estimate of drug-likeness (QED) is 0.577. The Bertz CT molecular complexity index is 176. The third-order valence-electron chi connectivity index (χ3n) is 1.06. The largest absolute Gasteiger partial charge is 0.388 e. The van der Waals surface area contributed by atoms with E-state index in [1.165, 1.54) is 0 Å².